The van der Waals surface area contributed by atoms with Crippen LogP contribution in [0.3, 0.4) is 0 Å². The Morgan fingerprint density at radius 1 is 1.13 bits per heavy atom. The predicted octanol–water partition coefficient (Wildman–Crippen LogP) is 3.45. The van der Waals surface area contributed by atoms with Crippen molar-refractivity contribution in [3.8, 4) is 0 Å². The number of hydrogen-bond acceptors (Lipinski definition) is 2. The van der Waals surface area contributed by atoms with Crippen LogP contribution < -0.4 is 10.2 Å². The van der Waals surface area contributed by atoms with E-state index in [0.29, 0.717) is 13.0 Å². The summed E-state index contributed by atoms with van der Waals surface area (Å²) in [5.41, 5.74) is 4.97. The molecule has 3 nitrogen and oxygen atoms in total. The minimum atomic E-state index is 0.217. The Balaban J connectivity index is 1.52. The number of benzene rings is 2. The number of hydrogen-bond donors (Lipinski definition) is 1. The van der Waals surface area contributed by atoms with Gasteiger partial charge in [0.05, 0.1) is 0 Å². The lowest BCUT2D eigenvalue weighted by Gasteiger charge is -2.29. The first-order chi connectivity index (χ1) is 11.3. The van der Waals surface area contributed by atoms with Gasteiger partial charge >= 0.3 is 0 Å². The van der Waals surface area contributed by atoms with E-state index in [1.807, 2.05) is 11.0 Å². The van der Waals surface area contributed by atoms with Gasteiger partial charge in [0.25, 0.3) is 0 Å². The van der Waals surface area contributed by atoms with Gasteiger partial charge < -0.3 is 10.2 Å². The average molecular weight is 308 g/mol. The van der Waals surface area contributed by atoms with E-state index in [1.165, 1.54) is 16.7 Å². The lowest BCUT2D eigenvalue weighted by molar-refractivity contribution is -0.118. The highest BCUT2D eigenvalue weighted by Crippen LogP contribution is 2.27. The molecular formula is C20H24N2O. The number of fused-ring (bicyclic) bond motifs is 1. The van der Waals surface area contributed by atoms with Crippen LogP contribution in [0, 0.1) is 6.92 Å². The fourth-order valence-corrected chi connectivity index (χ4v) is 3.15. The van der Waals surface area contributed by atoms with Gasteiger partial charge in [-0.05, 0) is 42.5 Å². The molecule has 2 aromatic carbocycles. The van der Waals surface area contributed by atoms with Gasteiger partial charge in [-0.25, -0.2) is 0 Å². The maximum Gasteiger partial charge on any atom is 0.228 e. The molecule has 0 saturated heterocycles. The number of nitrogens with zero attached hydrogens (tertiary/aromatic N) is 1. The summed E-state index contributed by atoms with van der Waals surface area (Å²) in [4.78, 5) is 14.5. The molecule has 1 amide bonds. The molecule has 0 fully saturated rings. The third-order valence-corrected chi connectivity index (χ3v) is 4.50. The number of anilines is 1. The van der Waals surface area contributed by atoms with Crippen LogP contribution in [0.4, 0.5) is 5.69 Å². The number of para-hydroxylation sites is 1. The van der Waals surface area contributed by atoms with Crippen molar-refractivity contribution in [2.75, 3.05) is 18.0 Å². The molecule has 2 aromatic rings. The maximum atomic E-state index is 12.5. The van der Waals surface area contributed by atoms with Crippen LogP contribution in [0.2, 0.25) is 0 Å². The Morgan fingerprint density at radius 2 is 1.91 bits per heavy atom. The van der Waals surface area contributed by atoms with E-state index < -0.39 is 0 Å². The van der Waals surface area contributed by atoms with Gasteiger partial charge in [-0.3, -0.25) is 4.79 Å². The number of carbonyl (C=O) groups excluding carboxylic acids is 1. The van der Waals surface area contributed by atoms with Crippen molar-refractivity contribution in [2.45, 2.75) is 32.7 Å². The van der Waals surface area contributed by atoms with Crippen molar-refractivity contribution in [2.24, 2.45) is 0 Å². The van der Waals surface area contributed by atoms with Gasteiger partial charge in [0.1, 0.15) is 0 Å². The summed E-state index contributed by atoms with van der Waals surface area (Å²) in [5, 5.41) is 3.39. The summed E-state index contributed by atoms with van der Waals surface area (Å²) < 4.78 is 0. The van der Waals surface area contributed by atoms with Crippen LogP contribution in [0.5, 0.6) is 0 Å². The van der Waals surface area contributed by atoms with Crippen LogP contribution in [-0.4, -0.2) is 19.0 Å². The van der Waals surface area contributed by atoms with E-state index in [1.54, 1.807) is 0 Å². The van der Waals surface area contributed by atoms with Crippen molar-refractivity contribution >= 4 is 11.6 Å². The molecule has 0 aliphatic carbocycles. The van der Waals surface area contributed by atoms with E-state index >= 15 is 0 Å². The number of carbonyl (C=O) groups is 1. The van der Waals surface area contributed by atoms with E-state index in [-0.39, 0.29) is 5.91 Å². The lowest BCUT2D eigenvalue weighted by Crippen LogP contribution is -2.37. The van der Waals surface area contributed by atoms with Crippen LogP contribution in [-0.2, 0) is 17.8 Å². The largest absolute Gasteiger partial charge is 0.312 e. The molecule has 1 heterocycles. The maximum absolute atomic E-state index is 12.5. The average Bonchev–Trinajstić information content (AvgIpc) is 2.59. The molecular weight excluding hydrogens is 284 g/mol. The fourth-order valence-electron chi connectivity index (χ4n) is 3.15. The first-order valence-electron chi connectivity index (χ1n) is 8.39. The highest BCUT2D eigenvalue weighted by Gasteiger charge is 2.21. The second-order valence-corrected chi connectivity index (χ2v) is 6.13. The minimum Gasteiger partial charge on any atom is -0.312 e. The minimum absolute atomic E-state index is 0.217. The van der Waals surface area contributed by atoms with Crippen LogP contribution in [0.15, 0.2) is 48.5 Å². The Hall–Kier alpha value is -2.13. The molecule has 0 radical (unpaired) electrons. The zero-order valence-electron chi connectivity index (χ0n) is 13.7. The summed E-state index contributed by atoms with van der Waals surface area (Å²) >= 11 is 0. The quantitative estimate of drug-likeness (QED) is 0.858. The van der Waals surface area contributed by atoms with Gasteiger partial charge in [0.2, 0.25) is 5.91 Å². The Bertz CT molecular complexity index is 681. The predicted molar refractivity (Wildman–Crippen MR) is 94.6 cm³/mol. The molecule has 0 spiro atoms. The van der Waals surface area contributed by atoms with E-state index in [4.69, 9.17) is 0 Å². The van der Waals surface area contributed by atoms with Gasteiger partial charge in [-0.1, -0.05) is 42.5 Å². The van der Waals surface area contributed by atoms with Crippen molar-refractivity contribution in [3.63, 3.8) is 0 Å². The summed E-state index contributed by atoms with van der Waals surface area (Å²) in [6, 6.07) is 16.6. The van der Waals surface area contributed by atoms with Crippen LogP contribution in [0.1, 0.15) is 29.5 Å². The third kappa shape index (κ3) is 3.80. The Kier molecular flexibility index (Phi) is 5.09. The second kappa shape index (κ2) is 7.42. The summed E-state index contributed by atoms with van der Waals surface area (Å²) in [6.45, 7) is 4.49. The van der Waals surface area contributed by atoms with E-state index in [2.05, 4.69) is 54.7 Å². The van der Waals surface area contributed by atoms with Gasteiger partial charge in [-0.15, -0.1) is 0 Å². The molecule has 0 saturated carbocycles. The van der Waals surface area contributed by atoms with Crippen LogP contribution in [0.25, 0.3) is 0 Å². The van der Waals surface area contributed by atoms with Crippen molar-refractivity contribution in [1.29, 1.82) is 0 Å². The number of amides is 1. The molecule has 3 heteroatoms. The fraction of sp³-hybridized carbons (Fsp3) is 0.350. The molecule has 0 bridgehead atoms. The summed E-state index contributed by atoms with van der Waals surface area (Å²) in [7, 11) is 0. The molecule has 0 unspecified atom stereocenters. The smallest absolute Gasteiger partial charge is 0.228 e. The monoisotopic (exact) mass is 308 g/mol. The van der Waals surface area contributed by atoms with Crippen molar-refractivity contribution < 1.29 is 4.79 Å². The van der Waals surface area contributed by atoms with Gasteiger partial charge in [-0.2, -0.15) is 0 Å². The molecule has 1 N–H and O–H groups in total. The molecule has 1 aliphatic heterocycles. The topological polar surface area (TPSA) is 32.3 Å². The first-order valence-corrected chi connectivity index (χ1v) is 8.39. The molecule has 0 aromatic heterocycles. The zero-order valence-corrected chi connectivity index (χ0v) is 13.7. The van der Waals surface area contributed by atoms with Crippen molar-refractivity contribution in [1.82, 2.24) is 5.32 Å². The molecule has 120 valence electrons. The van der Waals surface area contributed by atoms with E-state index in [9.17, 15) is 4.79 Å². The molecule has 1 aliphatic rings. The lowest BCUT2D eigenvalue weighted by atomic mass is 10.0. The second-order valence-electron chi connectivity index (χ2n) is 6.13. The standard InChI is InChI=1S/C20H24N2O/c1-16-7-2-3-9-18(16)15-21-13-12-20(23)22-14-6-10-17-8-4-5-11-19(17)22/h2-5,7-9,11,21H,6,10,12-15H2,1H3. The first kappa shape index (κ1) is 15.8. The van der Waals surface area contributed by atoms with Gasteiger partial charge in [0, 0.05) is 31.7 Å². The van der Waals surface area contributed by atoms with E-state index in [0.717, 1.165) is 31.6 Å². The van der Waals surface area contributed by atoms with Crippen molar-refractivity contribution in [3.05, 3.63) is 65.2 Å². The number of nitrogens with one attached hydrogen (secondary N) is 1. The number of aryl methyl sites for hydroxylation is 2. The highest BCUT2D eigenvalue weighted by molar-refractivity contribution is 5.94. The SMILES string of the molecule is Cc1ccccc1CNCCC(=O)N1CCCc2ccccc21. The summed E-state index contributed by atoms with van der Waals surface area (Å²) in [6.07, 6.45) is 2.67. The highest BCUT2D eigenvalue weighted by atomic mass is 16.2. The summed E-state index contributed by atoms with van der Waals surface area (Å²) in [5.74, 6) is 0.217. The molecule has 3 rings (SSSR count). The molecule has 0 atom stereocenters. The Morgan fingerprint density at radius 3 is 2.78 bits per heavy atom. The normalized spacial score (nSPS) is 13.7. The third-order valence-electron chi connectivity index (χ3n) is 4.50. The zero-order chi connectivity index (χ0) is 16.1. The Labute approximate surface area is 138 Å². The molecule has 23 heavy (non-hydrogen) atoms. The van der Waals surface area contributed by atoms with Gasteiger partial charge in [0.15, 0.2) is 0 Å². The van der Waals surface area contributed by atoms with Crippen LogP contribution >= 0.6 is 0 Å². The number of rotatable bonds is 5.